The summed E-state index contributed by atoms with van der Waals surface area (Å²) in [5.74, 6) is -0.176. The predicted octanol–water partition coefficient (Wildman–Crippen LogP) is 4.54. The average molecular weight is 567 g/mol. The first kappa shape index (κ1) is 26.1. The molecule has 0 radical (unpaired) electrons. The standard InChI is InChI=1S/C28H30N4O5S2/c1-36-28(33)27-30-25(18-38-27)24-17-32(39(34,35)22-5-3-2-4-6-22)26-23(24)15-20(16-29-26)19-7-9-21(10-8-19)31-11-13-37-14-12-31/h2-6,15-19,21H,7-14H2,1H3. The molecule has 0 unspecified atom stereocenters. The minimum atomic E-state index is -3.90. The first-order valence-electron chi connectivity index (χ1n) is 13.1. The number of hydrogen-bond acceptors (Lipinski definition) is 9. The number of aromatic nitrogens is 3. The highest BCUT2D eigenvalue weighted by atomic mass is 32.2. The number of hydrogen-bond donors (Lipinski definition) is 0. The molecule has 1 aliphatic heterocycles. The van der Waals surface area contributed by atoms with Gasteiger partial charge in [0, 0.05) is 47.9 Å². The van der Waals surface area contributed by atoms with Gasteiger partial charge in [-0.1, -0.05) is 18.2 Å². The number of carbonyl (C=O) groups is 1. The minimum Gasteiger partial charge on any atom is -0.464 e. The number of thiazole rings is 1. The molecule has 204 valence electrons. The molecule has 0 atom stereocenters. The predicted molar refractivity (Wildman–Crippen MR) is 149 cm³/mol. The molecule has 9 nitrogen and oxygen atoms in total. The smallest absolute Gasteiger partial charge is 0.367 e. The lowest BCUT2D eigenvalue weighted by atomic mass is 9.81. The van der Waals surface area contributed by atoms with Gasteiger partial charge in [-0.25, -0.2) is 27.2 Å². The normalized spacial score (nSPS) is 20.7. The second-order valence-corrected chi connectivity index (χ2v) is 12.7. The Hall–Kier alpha value is -3.12. The van der Waals surface area contributed by atoms with Gasteiger partial charge < -0.3 is 9.47 Å². The van der Waals surface area contributed by atoms with Crippen LogP contribution in [0.1, 0.15) is 47.0 Å². The molecule has 3 aromatic heterocycles. The molecule has 2 aliphatic rings. The first-order chi connectivity index (χ1) is 19.0. The molecule has 2 fully saturated rings. The molecular weight excluding hydrogens is 536 g/mol. The Kier molecular flexibility index (Phi) is 7.23. The summed E-state index contributed by atoms with van der Waals surface area (Å²) in [6.45, 7) is 3.61. The lowest BCUT2D eigenvalue weighted by Gasteiger charge is -2.38. The van der Waals surface area contributed by atoms with Gasteiger partial charge in [-0.3, -0.25) is 4.90 Å². The maximum Gasteiger partial charge on any atom is 0.367 e. The number of esters is 1. The molecule has 11 heteroatoms. The summed E-state index contributed by atoms with van der Waals surface area (Å²) in [7, 11) is -2.59. The topological polar surface area (TPSA) is 104 Å². The maximum atomic E-state index is 13.6. The molecule has 6 rings (SSSR count). The Morgan fingerprint density at radius 2 is 1.85 bits per heavy atom. The van der Waals surface area contributed by atoms with Crippen molar-refractivity contribution in [2.24, 2.45) is 0 Å². The minimum absolute atomic E-state index is 0.175. The number of carbonyl (C=O) groups excluding carboxylic acids is 1. The number of pyridine rings is 1. The number of ether oxygens (including phenoxy) is 2. The molecule has 1 aromatic carbocycles. The molecular formula is C28H30N4O5S2. The third kappa shape index (κ3) is 5.00. The van der Waals surface area contributed by atoms with Crippen molar-refractivity contribution in [3.63, 3.8) is 0 Å². The van der Waals surface area contributed by atoms with E-state index in [1.807, 2.05) is 6.20 Å². The molecule has 4 heterocycles. The van der Waals surface area contributed by atoms with Crippen molar-refractivity contribution in [1.82, 2.24) is 18.8 Å². The van der Waals surface area contributed by atoms with E-state index in [-0.39, 0.29) is 9.90 Å². The van der Waals surface area contributed by atoms with Gasteiger partial charge in [-0.2, -0.15) is 0 Å². The van der Waals surface area contributed by atoms with E-state index in [0.29, 0.717) is 34.3 Å². The van der Waals surface area contributed by atoms with E-state index in [1.54, 1.807) is 41.9 Å². The van der Waals surface area contributed by atoms with Gasteiger partial charge in [-0.05, 0) is 55.4 Å². The van der Waals surface area contributed by atoms with E-state index in [0.717, 1.165) is 57.6 Å². The molecule has 39 heavy (non-hydrogen) atoms. The highest BCUT2D eigenvalue weighted by Gasteiger charge is 2.29. The monoisotopic (exact) mass is 566 g/mol. The third-order valence-electron chi connectivity index (χ3n) is 7.80. The molecule has 0 spiro atoms. The van der Waals surface area contributed by atoms with Crippen LogP contribution in [0.2, 0.25) is 0 Å². The number of rotatable bonds is 6. The van der Waals surface area contributed by atoms with Crippen LogP contribution in [-0.4, -0.2) is 72.7 Å². The summed E-state index contributed by atoms with van der Waals surface area (Å²) in [6.07, 6.45) is 7.73. The number of methoxy groups -OCH3 is 1. The van der Waals surface area contributed by atoms with Crippen LogP contribution in [0.25, 0.3) is 22.3 Å². The van der Waals surface area contributed by atoms with E-state index < -0.39 is 16.0 Å². The second-order valence-electron chi connectivity index (χ2n) is 9.98. The van der Waals surface area contributed by atoms with Gasteiger partial charge in [0.05, 0.1) is 30.9 Å². The Morgan fingerprint density at radius 3 is 2.56 bits per heavy atom. The van der Waals surface area contributed by atoms with Crippen molar-refractivity contribution in [2.75, 3.05) is 33.4 Å². The summed E-state index contributed by atoms with van der Waals surface area (Å²) >= 11 is 1.17. The van der Waals surface area contributed by atoms with Crippen LogP contribution in [0.5, 0.6) is 0 Å². The lowest BCUT2D eigenvalue weighted by molar-refractivity contribution is 0.00729. The van der Waals surface area contributed by atoms with Crippen molar-refractivity contribution in [2.45, 2.75) is 42.5 Å². The summed E-state index contributed by atoms with van der Waals surface area (Å²) in [6, 6.07) is 11.0. The zero-order valence-corrected chi connectivity index (χ0v) is 23.3. The van der Waals surface area contributed by atoms with Crippen molar-refractivity contribution >= 4 is 38.4 Å². The molecule has 0 bridgehead atoms. The quantitative estimate of drug-likeness (QED) is 0.314. The largest absolute Gasteiger partial charge is 0.464 e. The summed E-state index contributed by atoms with van der Waals surface area (Å²) in [5, 5.41) is 2.66. The molecule has 1 aliphatic carbocycles. The van der Waals surface area contributed by atoms with Crippen LogP contribution < -0.4 is 0 Å². The van der Waals surface area contributed by atoms with Crippen LogP contribution in [0.4, 0.5) is 0 Å². The van der Waals surface area contributed by atoms with Crippen LogP contribution in [0.3, 0.4) is 0 Å². The zero-order chi connectivity index (χ0) is 27.0. The molecule has 1 saturated heterocycles. The van der Waals surface area contributed by atoms with Gasteiger partial charge >= 0.3 is 5.97 Å². The lowest BCUT2D eigenvalue weighted by Crippen LogP contribution is -2.44. The van der Waals surface area contributed by atoms with Crippen LogP contribution in [0, 0.1) is 0 Å². The number of nitrogens with zero attached hydrogens (tertiary/aromatic N) is 4. The highest BCUT2D eigenvalue weighted by Crippen LogP contribution is 2.39. The highest BCUT2D eigenvalue weighted by molar-refractivity contribution is 7.90. The van der Waals surface area contributed by atoms with Crippen LogP contribution in [0.15, 0.2) is 59.1 Å². The van der Waals surface area contributed by atoms with Crippen molar-refractivity contribution < 1.29 is 22.7 Å². The summed E-state index contributed by atoms with van der Waals surface area (Å²) in [5.41, 5.74) is 2.57. The Labute approximate surface area is 231 Å². The Bertz CT molecular complexity index is 1580. The van der Waals surface area contributed by atoms with Gasteiger partial charge in [0.15, 0.2) is 5.65 Å². The van der Waals surface area contributed by atoms with Gasteiger partial charge in [-0.15, -0.1) is 11.3 Å². The van der Waals surface area contributed by atoms with E-state index in [9.17, 15) is 13.2 Å². The van der Waals surface area contributed by atoms with Crippen LogP contribution in [-0.2, 0) is 19.5 Å². The Balaban J connectivity index is 1.38. The van der Waals surface area contributed by atoms with Crippen molar-refractivity contribution in [3.05, 3.63) is 64.7 Å². The fourth-order valence-electron chi connectivity index (χ4n) is 5.71. The maximum absolute atomic E-state index is 13.6. The summed E-state index contributed by atoms with van der Waals surface area (Å²) in [4.78, 5) is 24.0. The van der Waals surface area contributed by atoms with Crippen molar-refractivity contribution in [1.29, 1.82) is 0 Å². The van der Waals surface area contributed by atoms with Gasteiger partial charge in [0.25, 0.3) is 10.0 Å². The molecule has 0 N–H and O–H groups in total. The number of morpholine rings is 1. The van der Waals surface area contributed by atoms with Gasteiger partial charge in [0.2, 0.25) is 5.01 Å². The molecule has 4 aromatic rings. The van der Waals surface area contributed by atoms with E-state index in [2.05, 4.69) is 16.0 Å². The van der Waals surface area contributed by atoms with E-state index in [4.69, 9.17) is 14.5 Å². The average Bonchev–Trinajstić information content (AvgIpc) is 3.63. The SMILES string of the molecule is COC(=O)c1nc(-c2cn(S(=O)(=O)c3ccccc3)c3ncc(C4CCC(N5CCOCC5)CC4)cc23)cs1. The second kappa shape index (κ2) is 10.8. The zero-order valence-electron chi connectivity index (χ0n) is 21.7. The molecule has 1 saturated carbocycles. The third-order valence-corrected chi connectivity index (χ3v) is 10.3. The fourth-order valence-corrected chi connectivity index (χ4v) is 7.79. The number of fused-ring (bicyclic) bond motifs is 1. The molecule has 0 amide bonds. The Morgan fingerprint density at radius 1 is 1.10 bits per heavy atom. The summed E-state index contributed by atoms with van der Waals surface area (Å²) < 4.78 is 38.9. The van der Waals surface area contributed by atoms with E-state index >= 15 is 0 Å². The van der Waals surface area contributed by atoms with Crippen LogP contribution >= 0.6 is 11.3 Å². The van der Waals surface area contributed by atoms with Gasteiger partial charge in [0.1, 0.15) is 0 Å². The first-order valence-corrected chi connectivity index (χ1v) is 15.5. The van der Waals surface area contributed by atoms with Crippen molar-refractivity contribution in [3.8, 4) is 11.3 Å². The fraction of sp³-hybridized carbons (Fsp3) is 0.393. The number of benzene rings is 1. The van der Waals surface area contributed by atoms with E-state index in [1.165, 1.54) is 22.4 Å².